The molecule has 0 aromatic heterocycles. The third-order valence-electron chi connectivity index (χ3n) is 2.11. The molecule has 0 fully saturated rings. The molecule has 81 valence electrons. The van der Waals surface area contributed by atoms with Gasteiger partial charge in [-0.15, -0.1) is 0 Å². The first-order chi connectivity index (χ1) is 7.61. The molecule has 0 saturated heterocycles. The molecule has 0 unspecified atom stereocenters. The van der Waals surface area contributed by atoms with Crippen molar-refractivity contribution in [3.05, 3.63) is 59.7 Å². The minimum atomic E-state index is -1.53. The Morgan fingerprint density at radius 2 is 1.25 bits per heavy atom. The van der Waals surface area contributed by atoms with Crippen molar-refractivity contribution in [2.75, 3.05) is 0 Å². The molecule has 2 aromatic carbocycles. The van der Waals surface area contributed by atoms with E-state index < -0.39 is 28.8 Å². The van der Waals surface area contributed by atoms with Crippen molar-refractivity contribution in [3.8, 4) is 11.1 Å². The average Bonchev–Trinajstić information content (AvgIpc) is 2.28. The Balaban J connectivity index is 2.74. The molecule has 0 aliphatic rings. The average molecular weight is 225 g/mol. The predicted molar refractivity (Wildman–Crippen MR) is 50.5 cm³/mol. The molecule has 0 N–H and O–H groups in total. The summed E-state index contributed by atoms with van der Waals surface area (Å²) in [5.74, 6) is -5.94. The summed E-state index contributed by atoms with van der Waals surface area (Å²) in [6.45, 7) is 0. The zero-order valence-electron chi connectivity index (χ0n) is 7.90. The summed E-state index contributed by atoms with van der Waals surface area (Å²) < 4.78 is 52.4. The van der Waals surface area contributed by atoms with Gasteiger partial charge in [0.15, 0.2) is 23.3 Å². The minimum Gasteiger partial charge on any atom is -0.203 e. The molecule has 0 bridgehead atoms. The van der Waals surface area contributed by atoms with Crippen molar-refractivity contribution in [1.82, 2.24) is 0 Å². The molecule has 1 radical (unpaired) electrons. The zero-order valence-corrected chi connectivity index (χ0v) is 7.90. The van der Waals surface area contributed by atoms with Gasteiger partial charge in [-0.2, -0.15) is 0 Å². The minimum absolute atomic E-state index is 0.0734. The van der Waals surface area contributed by atoms with Gasteiger partial charge in [0.05, 0.1) is 11.6 Å². The fraction of sp³-hybridized carbons (Fsp3) is 0. The number of hydrogen-bond acceptors (Lipinski definition) is 0. The van der Waals surface area contributed by atoms with Crippen LogP contribution in [0, 0.1) is 29.3 Å². The van der Waals surface area contributed by atoms with E-state index in [1.54, 1.807) is 6.07 Å². The van der Waals surface area contributed by atoms with Crippen LogP contribution in [0.25, 0.3) is 11.1 Å². The molecule has 16 heavy (non-hydrogen) atoms. The van der Waals surface area contributed by atoms with Gasteiger partial charge in [-0.25, -0.2) is 17.6 Å². The van der Waals surface area contributed by atoms with Crippen LogP contribution in [-0.4, -0.2) is 0 Å². The van der Waals surface area contributed by atoms with E-state index in [-0.39, 0.29) is 5.56 Å². The second kappa shape index (κ2) is 3.96. The van der Waals surface area contributed by atoms with Crippen LogP contribution in [0.2, 0.25) is 0 Å². The maximum atomic E-state index is 13.3. The van der Waals surface area contributed by atoms with Crippen LogP contribution in [0.4, 0.5) is 17.6 Å². The quantitative estimate of drug-likeness (QED) is 0.512. The molecular formula is C12H5F4. The molecule has 4 heteroatoms. The van der Waals surface area contributed by atoms with Gasteiger partial charge in [0.1, 0.15) is 0 Å². The Kier molecular flexibility index (Phi) is 2.64. The molecule has 0 aliphatic carbocycles. The van der Waals surface area contributed by atoms with E-state index in [4.69, 9.17) is 0 Å². The maximum absolute atomic E-state index is 13.3. The van der Waals surface area contributed by atoms with Crippen LogP contribution in [0.1, 0.15) is 0 Å². The summed E-state index contributed by atoms with van der Waals surface area (Å²) >= 11 is 0. The summed E-state index contributed by atoms with van der Waals surface area (Å²) in [6.07, 6.45) is 0. The first-order valence-electron chi connectivity index (χ1n) is 4.42. The summed E-state index contributed by atoms with van der Waals surface area (Å²) in [4.78, 5) is 0. The van der Waals surface area contributed by atoms with Crippen LogP contribution < -0.4 is 0 Å². The number of rotatable bonds is 1. The van der Waals surface area contributed by atoms with E-state index in [1.165, 1.54) is 30.3 Å². The Morgan fingerprint density at radius 1 is 0.750 bits per heavy atom. The van der Waals surface area contributed by atoms with Crippen LogP contribution >= 0.6 is 0 Å². The van der Waals surface area contributed by atoms with E-state index in [0.717, 1.165) is 0 Å². The summed E-state index contributed by atoms with van der Waals surface area (Å²) in [7, 11) is 0. The van der Waals surface area contributed by atoms with Gasteiger partial charge in [0.2, 0.25) is 0 Å². The van der Waals surface area contributed by atoms with E-state index >= 15 is 0 Å². The molecule has 0 atom stereocenters. The largest absolute Gasteiger partial charge is 0.203 e. The van der Waals surface area contributed by atoms with E-state index in [0.29, 0.717) is 0 Å². The lowest BCUT2D eigenvalue weighted by Gasteiger charge is -2.06. The van der Waals surface area contributed by atoms with Crippen LogP contribution in [0.3, 0.4) is 0 Å². The molecular weight excluding hydrogens is 220 g/mol. The van der Waals surface area contributed by atoms with Crippen molar-refractivity contribution in [2.24, 2.45) is 0 Å². The van der Waals surface area contributed by atoms with Gasteiger partial charge >= 0.3 is 0 Å². The standard InChI is InChI=1S/C12H5F4/c13-8-6-9(14)12(16)10(11(8)15)7-4-2-1-3-5-7/h1-5H. The fourth-order valence-electron chi connectivity index (χ4n) is 1.38. The molecule has 0 spiro atoms. The van der Waals surface area contributed by atoms with Gasteiger partial charge in [-0.1, -0.05) is 30.3 Å². The third-order valence-corrected chi connectivity index (χ3v) is 2.11. The molecule has 0 saturated carbocycles. The Morgan fingerprint density at radius 3 is 1.75 bits per heavy atom. The maximum Gasteiger partial charge on any atom is 0.170 e. The monoisotopic (exact) mass is 225 g/mol. The van der Waals surface area contributed by atoms with Gasteiger partial charge < -0.3 is 0 Å². The van der Waals surface area contributed by atoms with Crippen LogP contribution in [0.15, 0.2) is 30.3 Å². The number of halogens is 4. The van der Waals surface area contributed by atoms with Crippen molar-refractivity contribution in [1.29, 1.82) is 0 Å². The van der Waals surface area contributed by atoms with Gasteiger partial charge in [0, 0.05) is 0 Å². The second-order valence-electron chi connectivity index (χ2n) is 3.12. The Labute approximate surface area is 89.2 Å². The lowest BCUT2D eigenvalue weighted by molar-refractivity contribution is 0.456. The number of hydrogen-bond donors (Lipinski definition) is 0. The van der Waals surface area contributed by atoms with E-state index in [2.05, 4.69) is 0 Å². The Bertz CT molecular complexity index is 494. The van der Waals surface area contributed by atoms with Gasteiger partial charge in [-0.3, -0.25) is 0 Å². The highest BCUT2D eigenvalue weighted by molar-refractivity contribution is 5.64. The summed E-state index contributed by atoms with van der Waals surface area (Å²) in [5.41, 5.74) is -0.640. The van der Waals surface area contributed by atoms with E-state index in [9.17, 15) is 17.6 Å². The smallest absolute Gasteiger partial charge is 0.170 e. The van der Waals surface area contributed by atoms with Crippen LogP contribution in [0.5, 0.6) is 0 Å². The van der Waals surface area contributed by atoms with Crippen molar-refractivity contribution < 1.29 is 17.6 Å². The highest BCUT2D eigenvalue weighted by Crippen LogP contribution is 2.28. The van der Waals surface area contributed by atoms with Gasteiger partial charge in [0.25, 0.3) is 0 Å². The first-order valence-corrected chi connectivity index (χ1v) is 4.42. The predicted octanol–water partition coefficient (Wildman–Crippen LogP) is 3.71. The van der Waals surface area contributed by atoms with Crippen molar-refractivity contribution in [2.45, 2.75) is 0 Å². The SMILES string of the molecule is Fc1[c]c(F)c(F)c(-c2ccccc2)c1F. The topological polar surface area (TPSA) is 0 Å². The fourth-order valence-corrected chi connectivity index (χ4v) is 1.38. The van der Waals surface area contributed by atoms with Crippen molar-refractivity contribution >= 4 is 0 Å². The zero-order chi connectivity index (χ0) is 11.7. The molecule has 0 nitrogen and oxygen atoms in total. The number of benzene rings is 2. The molecule has 0 amide bonds. The Hall–Kier alpha value is -1.84. The highest BCUT2D eigenvalue weighted by Gasteiger charge is 2.20. The molecule has 2 aromatic rings. The van der Waals surface area contributed by atoms with Crippen LogP contribution in [-0.2, 0) is 0 Å². The first kappa shape index (κ1) is 10.7. The highest BCUT2D eigenvalue weighted by atomic mass is 19.2. The van der Waals surface area contributed by atoms with Crippen molar-refractivity contribution in [3.63, 3.8) is 0 Å². The summed E-state index contributed by atoms with van der Waals surface area (Å²) in [6, 6.07) is 8.71. The lowest BCUT2D eigenvalue weighted by atomic mass is 10.0. The normalized spacial score (nSPS) is 10.5. The van der Waals surface area contributed by atoms with Gasteiger partial charge in [-0.05, 0) is 5.56 Å². The third kappa shape index (κ3) is 1.66. The molecule has 2 rings (SSSR count). The second-order valence-corrected chi connectivity index (χ2v) is 3.12. The van der Waals surface area contributed by atoms with E-state index in [1.807, 2.05) is 0 Å². The lowest BCUT2D eigenvalue weighted by Crippen LogP contribution is -1.98. The summed E-state index contributed by atoms with van der Waals surface area (Å²) in [5, 5.41) is 0. The molecule has 0 heterocycles. The molecule has 0 aliphatic heterocycles.